The van der Waals surface area contributed by atoms with Crippen molar-refractivity contribution in [1.82, 2.24) is 30.0 Å². The number of pyridine rings is 1. The summed E-state index contributed by atoms with van der Waals surface area (Å²) < 4.78 is 73.3. The van der Waals surface area contributed by atoms with Gasteiger partial charge < -0.3 is 34.8 Å². The number of hydrogen-bond donors (Lipinski definition) is 4. The van der Waals surface area contributed by atoms with Gasteiger partial charge in [-0.1, -0.05) is 6.07 Å². The number of halogens is 3. The highest BCUT2D eigenvalue weighted by Gasteiger charge is 2.36. The van der Waals surface area contributed by atoms with Gasteiger partial charge in [0, 0.05) is 38.2 Å². The van der Waals surface area contributed by atoms with Crippen LogP contribution in [0.15, 0.2) is 48.9 Å². The van der Waals surface area contributed by atoms with Crippen molar-refractivity contribution < 1.29 is 41.4 Å². The maximum Gasteiger partial charge on any atom is 0.421 e. The maximum atomic E-state index is 14.1. The quantitative estimate of drug-likeness (QED) is 0.0730. The average molecular weight is 707 g/mol. The molecule has 0 atom stereocenters. The lowest BCUT2D eigenvalue weighted by atomic mass is 10.1. The van der Waals surface area contributed by atoms with E-state index in [9.17, 15) is 22.5 Å². The van der Waals surface area contributed by atoms with E-state index in [4.69, 9.17) is 18.9 Å². The van der Waals surface area contributed by atoms with Crippen LogP contribution in [0.2, 0.25) is 0 Å². The van der Waals surface area contributed by atoms with Crippen LogP contribution in [0.5, 0.6) is 5.75 Å². The lowest BCUT2D eigenvalue weighted by Gasteiger charge is -2.19. The van der Waals surface area contributed by atoms with E-state index in [0.29, 0.717) is 48.1 Å². The number of carbonyl (C=O) groups excluding carboxylic acids is 1. The predicted octanol–water partition coefficient (Wildman–Crippen LogP) is 6.15. The number of anilines is 4. The van der Waals surface area contributed by atoms with Crippen molar-refractivity contribution >= 4 is 36.6 Å². The summed E-state index contributed by atoms with van der Waals surface area (Å²) in [5.74, 6) is -1.22. The van der Waals surface area contributed by atoms with Crippen LogP contribution in [0.3, 0.4) is 0 Å². The molecule has 0 unspecified atom stereocenters. The van der Waals surface area contributed by atoms with Crippen LogP contribution in [-0.4, -0.2) is 69.7 Å². The number of nitrogens with zero attached hydrogens (tertiary/aromatic N) is 5. The molecule has 0 aliphatic heterocycles. The normalized spacial score (nSPS) is 11.8. The lowest BCUT2D eigenvalue weighted by Crippen LogP contribution is -2.21. The predicted molar refractivity (Wildman–Crippen MR) is 176 cm³/mol. The van der Waals surface area contributed by atoms with Crippen LogP contribution in [0.4, 0.5) is 36.3 Å². The average Bonchev–Trinajstić information content (AvgIpc) is 3.54. The summed E-state index contributed by atoms with van der Waals surface area (Å²) in [6.07, 6.45) is 0.350. The minimum Gasteiger partial charge on any atom is -0.495 e. The number of hydrogen-bond acceptors (Lipinski definition) is 12. The molecule has 4 rings (SSSR count). The second kappa shape index (κ2) is 16.7. The van der Waals surface area contributed by atoms with Crippen LogP contribution < -0.4 is 20.7 Å². The second-order valence-corrected chi connectivity index (χ2v) is 12.5. The van der Waals surface area contributed by atoms with E-state index >= 15 is 0 Å². The van der Waals surface area contributed by atoms with Gasteiger partial charge >= 0.3 is 13.8 Å². The molecule has 49 heavy (non-hydrogen) atoms. The molecular weight excluding hydrogens is 668 g/mol. The number of amides is 1. The van der Waals surface area contributed by atoms with Crippen molar-refractivity contribution in [2.24, 2.45) is 0 Å². The Hall–Kier alpha value is -4.57. The minimum absolute atomic E-state index is 0.0242. The molecule has 0 saturated heterocycles. The van der Waals surface area contributed by atoms with Gasteiger partial charge in [-0.05, 0) is 56.5 Å². The largest absolute Gasteiger partial charge is 0.495 e. The number of nitrogens with one attached hydrogen (secondary N) is 3. The van der Waals surface area contributed by atoms with Gasteiger partial charge in [-0.3, -0.25) is 14.0 Å². The number of aromatic nitrogens is 5. The monoisotopic (exact) mass is 706 g/mol. The van der Waals surface area contributed by atoms with Gasteiger partial charge in [0.25, 0.3) is 5.91 Å². The zero-order chi connectivity index (χ0) is 35.6. The van der Waals surface area contributed by atoms with Gasteiger partial charge in [-0.15, -0.1) is 0 Å². The molecular formula is C31H38F3N8O6P. The number of benzene rings is 1. The Morgan fingerprint density at radius 2 is 1.76 bits per heavy atom. The standard InChI is InChI=1S/C31H38F3N8O6P/c1-5-47-49(45,48-6-2)19-20-9-10-24(26(15-20)46-4)40-30-36-17-22(31(32,33)34)28(41-30)39-25-12-11-23(38-27(25)29(44)35-3)21-16-37-42(18-21)13-7-8-14-43/h9-12,15-18,43H,5-8,13-14,19H2,1-4H3,(H,35,44)(H2,36,39,40,41). The fourth-order valence-corrected chi connectivity index (χ4v) is 6.38. The molecule has 0 aliphatic carbocycles. The first-order chi connectivity index (χ1) is 23.4. The zero-order valence-electron chi connectivity index (χ0n) is 27.4. The Kier molecular flexibility index (Phi) is 12.7. The van der Waals surface area contributed by atoms with E-state index in [1.807, 2.05) is 0 Å². The van der Waals surface area contributed by atoms with E-state index in [1.165, 1.54) is 20.2 Å². The van der Waals surface area contributed by atoms with Gasteiger partial charge in [0.2, 0.25) is 5.95 Å². The topological polar surface area (TPSA) is 175 Å². The summed E-state index contributed by atoms with van der Waals surface area (Å²) in [5, 5.41) is 21.2. The number of unbranched alkanes of at least 4 members (excludes halogenated alkanes) is 1. The van der Waals surface area contributed by atoms with Crippen molar-refractivity contribution in [2.45, 2.75) is 45.6 Å². The molecule has 0 fully saturated rings. The SMILES string of the molecule is CCOP(=O)(Cc1ccc(Nc2ncc(C(F)(F)F)c(Nc3ccc(-c4cnn(CCCCO)c4)nc3C(=O)NC)n2)c(OC)c1)OCC. The van der Waals surface area contributed by atoms with E-state index in [-0.39, 0.29) is 49.1 Å². The number of carbonyl (C=O) groups is 1. The third-order valence-corrected chi connectivity index (χ3v) is 9.00. The van der Waals surface area contributed by atoms with Crippen molar-refractivity contribution in [2.75, 3.05) is 44.6 Å². The molecule has 18 heteroatoms. The van der Waals surface area contributed by atoms with E-state index in [2.05, 4.69) is 36.0 Å². The smallest absolute Gasteiger partial charge is 0.421 e. The first-order valence-electron chi connectivity index (χ1n) is 15.3. The van der Waals surface area contributed by atoms with Gasteiger partial charge in [-0.2, -0.15) is 23.3 Å². The number of aliphatic hydroxyl groups excluding tert-OH is 1. The Balaban J connectivity index is 1.65. The van der Waals surface area contributed by atoms with Crippen molar-refractivity contribution in [1.29, 1.82) is 0 Å². The van der Waals surface area contributed by atoms with Gasteiger partial charge in [0.1, 0.15) is 17.1 Å². The summed E-state index contributed by atoms with van der Waals surface area (Å²) >= 11 is 0. The first kappa shape index (κ1) is 37.3. The maximum absolute atomic E-state index is 14.1. The van der Waals surface area contributed by atoms with Crippen LogP contribution in [-0.2, 0) is 32.5 Å². The van der Waals surface area contributed by atoms with Crippen LogP contribution in [0.1, 0.15) is 48.3 Å². The fraction of sp³-hybridized carbons (Fsp3) is 0.387. The van der Waals surface area contributed by atoms with Crippen molar-refractivity contribution in [3.05, 3.63) is 65.7 Å². The van der Waals surface area contributed by atoms with Crippen molar-refractivity contribution in [3.63, 3.8) is 0 Å². The van der Waals surface area contributed by atoms with E-state index in [0.717, 1.165) is 0 Å². The summed E-state index contributed by atoms with van der Waals surface area (Å²) in [6, 6.07) is 7.78. The molecule has 4 aromatic rings. The number of rotatable bonds is 17. The molecule has 4 N–H and O–H groups in total. The molecule has 0 saturated carbocycles. The molecule has 264 valence electrons. The molecule has 1 aromatic carbocycles. The number of methoxy groups -OCH3 is 1. The summed E-state index contributed by atoms with van der Waals surface area (Å²) in [7, 11) is -0.643. The Morgan fingerprint density at radius 1 is 1.02 bits per heavy atom. The Labute approximate surface area is 281 Å². The molecule has 1 amide bonds. The van der Waals surface area contributed by atoms with Crippen LogP contribution in [0.25, 0.3) is 11.3 Å². The highest BCUT2D eigenvalue weighted by Crippen LogP contribution is 2.51. The highest BCUT2D eigenvalue weighted by molar-refractivity contribution is 7.53. The molecule has 0 aliphatic rings. The summed E-state index contributed by atoms with van der Waals surface area (Å²) in [5.41, 5.74) is 0.450. The molecule has 0 bridgehead atoms. The molecule has 3 heterocycles. The number of aryl methyl sites for hydroxylation is 1. The van der Waals surface area contributed by atoms with E-state index in [1.54, 1.807) is 55.2 Å². The first-order valence-corrected chi connectivity index (χ1v) is 17.1. The van der Waals surface area contributed by atoms with Crippen molar-refractivity contribution in [3.8, 4) is 17.0 Å². The molecule has 14 nitrogen and oxygen atoms in total. The van der Waals surface area contributed by atoms with Crippen LogP contribution in [0, 0.1) is 0 Å². The zero-order valence-corrected chi connectivity index (χ0v) is 28.3. The van der Waals surface area contributed by atoms with Gasteiger partial charge in [0.15, 0.2) is 5.69 Å². The fourth-order valence-electron chi connectivity index (χ4n) is 4.69. The van der Waals surface area contributed by atoms with Crippen LogP contribution >= 0.6 is 7.60 Å². The third kappa shape index (κ3) is 9.75. The Morgan fingerprint density at radius 3 is 2.41 bits per heavy atom. The lowest BCUT2D eigenvalue weighted by molar-refractivity contribution is -0.137. The third-order valence-electron chi connectivity index (χ3n) is 6.95. The number of aliphatic hydroxyl groups is 1. The highest BCUT2D eigenvalue weighted by atomic mass is 31.2. The minimum atomic E-state index is -4.85. The van der Waals surface area contributed by atoms with Gasteiger partial charge in [-0.25, -0.2) is 9.97 Å². The molecule has 0 spiro atoms. The Bertz CT molecular complexity index is 1780. The number of alkyl halides is 3. The number of ether oxygens (including phenoxy) is 1. The summed E-state index contributed by atoms with van der Waals surface area (Å²) in [6.45, 7) is 4.43. The molecule has 3 aromatic heterocycles. The second-order valence-electron chi connectivity index (χ2n) is 10.4. The van der Waals surface area contributed by atoms with E-state index < -0.39 is 31.1 Å². The molecule has 0 radical (unpaired) electrons. The van der Waals surface area contributed by atoms with Gasteiger partial charge in [0.05, 0.1) is 49.8 Å². The summed E-state index contributed by atoms with van der Waals surface area (Å²) in [4.78, 5) is 25.2.